The maximum Gasteiger partial charge on any atom is 0.126 e. The van der Waals surface area contributed by atoms with Crippen LogP contribution in [0.2, 0.25) is 0 Å². The molecule has 1 saturated heterocycles. The number of anilines is 1. The summed E-state index contributed by atoms with van der Waals surface area (Å²) in [5.41, 5.74) is 2.23. The van der Waals surface area contributed by atoms with Crippen molar-refractivity contribution in [3.05, 3.63) is 48.2 Å². The highest BCUT2D eigenvalue weighted by atomic mass is 15.1. The Balaban J connectivity index is 1.53. The molecule has 128 valence electrons. The molecule has 1 aliphatic rings. The Labute approximate surface area is 144 Å². The highest BCUT2D eigenvalue weighted by molar-refractivity contribution is 5.36. The summed E-state index contributed by atoms with van der Waals surface area (Å²) in [5.74, 6) is 1.55. The van der Waals surface area contributed by atoms with Crippen molar-refractivity contribution < 1.29 is 0 Å². The van der Waals surface area contributed by atoms with Crippen molar-refractivity contribution in [3.63, 3.8) is 0 Å². The van der Waals surface area contributed by atoms with E-state index in [9.17, 15) is 0 Å². The molecule has 0 spiro atoms. The predicted molar refractivity (Wildman–Crippen MR) is 97.1 cm³/mol. The molecule has 3 rings (SSSR count). The summed E-state index contributed by atoms with van der Waals surface area (Å²) in [7, 11) is 0. The molecule has 2 aromatic heterocycles. The van der Waals surface area contributed by atoms with E-state index in [4.69, 9.17) is 4.98 Å². The Morgan fingerprint density at radius 3 is 2.75 bits per heavy atom. The summed E-state index contributed by atoms with van der Waals surface area (Å²) < 4.78 is 0. The van der Waals surface area contributed by atoms with Crippen molar-refractivity contribution >= 4 is 5.82 Å². The third-order valence-electron chi connectivity index (χ3n) is 4.75. The van der Waals surface area contributed by atoms with Crippen molar-refractivity contribution in [2.45, 2.75) is 45.1 Å². The van der Waals surface area contributed by atoms with Gasteiger partial charge in [-0.1, -0.05) is 6.07 Å². The van der Waals surface area contributed by atoms with Gasteiger partial charge < -0.3 is 10.2 Å². The van der Waals surface area contributed by atoms with Crippen LogP contribution in [0, 0.1) is 0 Å². The van der Waals surface area contributed by atoms with E-state index in [0.29, 0.717) is 12.0 Å². The number of hydrogen-bond donors (Lipinski definition) is 1. The molecule has 24 heavy (non-hydrogen) atoms. The van der Waals surface area contributed by atoms with E-state index < -0.39 is 0 Å². The summed E-state index contributed by atoms with van der Waals surface area (Å²) in [6.45, 7) is 7.73. The van der Waals surface area contributed by atoms with Gasteiger partial charge in [-0.25, -0.2) is 4.98 Å². The lowest BCUT2D eigenvalue weighted by atomic mass is 9.92. The zero-order chi connectivity index (χ0) is 16.8. The predicted octanol–water partition coefficient (Wildman–Crippen LogP) is 3.11. The van der Waals surface area contributed by atoms with E-state index in [1.54, 1.807) is 12.4 Å². The van der Waals surface area contributed by atoms with Gasteiger partial charge in [0.1, 0.15) is 5.82 Å². The van der Waals surface area contributed by atoms with Gasteiger partial charge in [0.15, 0.2) is 0 Å². The molecule has 1 aliphatic heterocycles. The summed E-state index contributed by atoms with van der Waals surface area (Å²) in [4.78, 5) is 15.8. The van der Waals surface area contributed by atoms with Crippen molar-refractivity contribution in [2.75, 3.05) is 25.0 Å². The van der Waals surface area contributed by atoms with Crippen LogP contribution in [0.15, 0.2) is 36.8 Å². The van der Waals surface area contributed by atoms with Gasteiger partial charge >= 0.3 is 0 Å². The van der Waals surface area contributed by atoms with E-state index in [1.807, 2.05) is 12.3 Å². The first-order valence-corrected chi connectivity index (χ1v) is 8.92. The fraction of sp³-hybridized carbons (Fsp3) is 0.526. The minimum Gasteiger partial charge on any atom is -0.370 e. The van der Waals surface area contributed by atoms with E-state index in [-0.39, 0.29) is 0 Å². The van der Waals surface area contributed by atoms with Gasteiger partial charge in [0.2, 0.25) is 0 Å². The van der Waals surface area contributed by atoms with E-state index in [2.05, 4.69) is 46.2 Å². The molecule has 1 fully saturated rings. The van der Waals surface area contributed by atoms with Crippen LogP contribution < -0.4 is 5.32 Å². The molecule has 3 heterocycles. The number of aromatic nitrogens is 3. The molecule has 0 saturated carbocycles. The zero-order valence-corrected chi connectivity index (χ0v) is 14.7. The molecule has 0 bridgehead atoms. The van der Waals surface area contributed by atoms with E-state index in [1.165, 1.54) is 31.6 Å². The van der Waals surface area contributed by atoms with Crippen molar-refractivity contribution in [1.82, 2.24) is 19.9 Å². The summed E-state index contributed by atoms with van der Waals surface area (Å²) in [5, 5.41) is 3.41. The van der Waals surface area contributed by atoms with Crippen LogP contribution in [0.4, 0.5) is 5.82 Å². The molecule has 0 atom stereocenters. The van der Waals surface area contributed by atoms with Crippen molar-refractivity contribution in [3.8, 4) is 0 Å². The van der Waals surface area contributed by atoms with Crippen LogP contribution in [0.1, 0.15) is 44.0 Å². The lowest BCUT2D eigenvalue weighted by Gasteiger charge is -2.34. The van der Waals surface area contributed by atoms with E-state index >= 15 is 0 Å². The Morgan fingerprint density at radius 1 is 1.21 bits per heavy atom. The molecule has 0 radical (unpaired) electrons. The topological polar surface area (TPSA) is 53.9 Å². The summed E-state index contributed by atoms with van der Waals surface area (Å²) in [6.07, 6.45) is 8.51. The molecule has 1 N–H and O–H groups in total. The molecule has 5 heteroatoms. The minimum absolute atomic E-state index is 0.585. The molecule has 5 nitrogen and oxygen atoms in total. The Morgan fingerprint density at radius 2 is 2.04 bits per heavy atom. The van der Waals surface area contributed by atoms with Crippen LogP contribution >= 0.6 is 0 Å². The number of nitrogens with one attached hydrogen (secondary N) is 1. The highest BCUT2D eigenvalue weighted by Gasteiger charge is 2.22. The first kappa shape index (κ1) is 16.8. The monoisotopic (exact) mass is 325 g/mol. The summed E-state index contributed by atoms with van der Waals surface area (Å²) in [6, 6.07) is 6.97. The van der Waals surface area contributed by atoms with Gasteiger partial charge in [-0.15, -0.1) is 0 Å². The first-order valence-electron chi connectivity index (χ1n) is 8.92. The molecular weight excluding hydrogens is 298 g/mol. The Hall–Kier alpha value is -2.01. The maximum atomic E-state index is 4.83. The average Bonchev–Trinajstić information content (AvgIpc) is 2.63. The zero-order valence-electron chi connectivity index (χ0n) is 14.7. The lowest BCUT2D eigenvalue weighted by molar-refractivity contribution is 0.171. The van der Waals surface area contributed by atoms with Gasteiger partial charge in [0, 0.05) is 49.2 Å². The second-order valence-corrected chi connectivity index (χ2v) is 6.73. The Kier molecular flexibility index (Phi) is 5.75. The number of likely N-dealkylation sites (tertiary alicyclic amines) is 1. The number of pyridine rings is 1. The quantitative estimate of drug-likeness (QED) is 0.884. The second kappa shape index (κ2) is 8.20. The molecular formula is C19H27N5. The van der Waals surface area contributed by atoms with Crippen LogP contribution in [0.25, 0.3) is 0 Å². The van der Waals surface area contributed by atoms with Gasteiger partial charge in [-0.3, -0.25) is 9.97 Å². The minimum atomic E-state index is 0.585. The third kappa shape index (κ3) is 4.51. The summed E-state index contributed by atoms with van der Waals surface area (Å²) >= 11 is 0. The largest absolute Gasteiger partial charge is 0.370 e. The number of hydrogen-bond acceptors (Lipinski definition) is 5. The fourth-order valence-electron chi connectivity index (χ4n) is 3.27. The average molecular weight is 325 g/mol. The molecule has 0 aliphatic carbocycles. The van der Waals surface area contributed by atoms with Crippen LogP contribution in [0.3, 0.4) is 0 Å². The highest BCUT2D eigenvalue weighted by Crippen LogP contribution is 2.28. The molecule has 0 unspecified atom stereocenters. The number of piperidine rings is 1. The molecule has 0 aromatic carbocycles. The van der Waals surface area contributed by atoms with Gasteiger partial charge in [0.25, 0.3) is 0 Å². The van der Waals surface area contributed by atoms with Crippen LogP contribution in [0.5, 0.6) is 0 Å². The van der Waals surface area contributed by atoms with Gasteiger partial charge in [-0.2, -0.15) is 0 Å². The van der Waals surface area contributed by atoms with Crippen molar-refractivity contribution in [2.24, 2.45) is 0 Å². The van der Waals surface area contributed by atoms with Gasteiger partial charge in [-0.05, 0) is 51.9 Å². The normalized spacial score (nSPS) is 16.5. The smallest absolute Gasteiger partial charge is 0.126 e. The number of rotatable bonds is 6. The maximum absolute atomic E-state index is 4.83. The van der Waals surface area contributed by atoms with Crippen LogP contribution in [-0.4, -0.2) is 45.5 Å². The SMILES string of the molecule is CC(C)N1CCC(c2cccc(NCCc3cnccn3)n2)CC1. The third-order valence-corrected chi connectivity index (χ3v) is 4.75. The van der Waals surface area contributed by atoms with Gasteiger partial charge in [0.05, 0.1) is 5.69 Å². The standard InChI is InChI=1S/C19H27N5/c1-15(2)24-12-7-16(8-13-24)18-4-3-5-19(23-18)22-9-6-17-14-20-10-11-21-17/h3-5,10-11,14-16H,6-9,12-13H2,1-2H3,(H,22,23). The molecule has 0 amide bonds. The fourth-order valence-corrected chi connectivity index (χ4v) is 3.27. The van der Waals surface area contributed by atoms with E-state index in [0.717, 1.165) is 24.5 Å². The van der Waals surface area contributed by atoms with Crippen LogP contribution in [-0.2, 0) is 6.42 Å². The van der Waals surface area contributed by atoms with Crippen molar-refractivity contribution in [1.29, 1.82) is 0 Å². The lowest BCUT2D eigenvalue weighted by Crippen LogP contribution is -2.38. The molecule has 2 aromatic rings. The number of nitrogens with zero attached hydrogens (tertiary/aromatic N) is 4. The first-order chi connectivity index (χ1) is 11.7. The Bertz CT molecular complexity index is 621. The second-order valence-electron chi connectivity index (χ2n) is 6.73.